The van der Waals surface area contributed by atoms with E-state index in [1.165, 1.54) is 19.2 Å². The topological polar surface area (TPSA) is 46.5 Å². The van der Waals surface area contributed by atoms with Crippen LogP contribution in [-0.4, -0.2) is 18.5 Å². The Hall–Kier alpha value is -1.95. The molecule has 1 rings (SSSR count). The van der Waals surface area contributed by atoms with Crippen molar-refractivity contribution in [3.8, 4) is 23.3 Å². The van der Waals surface area contributed by atoms with Gasteiger partial charge in [-0.1, -0.05) is 11.8 Å². The third-order valence-electron chi connectivity index (χ3n) is 1.59. The number of aromatic hydroxyl groups is 1. The summed E-state index contributed by atoms with van der Waals surface area (Å²) in [4.78, 5) is 10.0. The summed E-state index contributed by atoms with van der Waals surface area (Å²) in [6.07, 6.45) is 0.934. The molecule has 0 fully saturated rings. The minimum atomic E-state index is 0.128. The number of methoxy groups -OCH3 is 1. The third-order valence-corrected chi connectivity index (χ3v) is 1.59. The van der Waals surface area contributed by atoms with Crippen molar-refractivity contribution in [1.82, 2.24) is 0 Å². The summed E-state index contributed by atoms with van der Waals surface area (Å²) in [5.41, 5.74) is 0.659. The number of hydrogen-bond acceptors (Lipinski definition) is 3. The number of phenols is 1. The van der Waals surface area contributed by atoms with Crippen LogP contribution < -0.4 is 4.74 Å². The fourth-order valence-corrected chi connectivity index (χ4v) is 0.971. The molecule has 0 spiro atoms. The number of rotatable bonds is 2. The van der Waals surface area contributed by atoms with Crippen molar-refractivity contribution in [1.29, 1.82) is 0 Å². The normalized spacial score (nSPS) is 8.64. The lowest BCUT2D eigenvalue weighted by atomic mass is 10.2. The summed E-state index contributed by atoms with van der Waals surface area (Å²) in [5.74, 6) is 6.07. The van der Waals surface area contributed by atoms with Crippen LogP contribution in [0.5, 0.6) is 11.5 Å². The molecular formula is C11H10O3. The number of ether oxygens (including phenoxy) is 1. The zero-order valence-electron chi connectivity index (χ0n) is 7.78. The van der Waals surface area contributed by atoms with Crippen LogP contribution in [0.15, 0.2) is 18.2 Å². The maximum absolute atomic E-state index is 10.0. The molecule has 0 aliphatic carbocycles. The molecule has 3 heteroatoms. The molecule has 0 aromatic heterocycles. The molecule has 1 N–H and O–H groups in total. The second kappa shape index (κ2) is 4.93. The fraction of sp³-hybridized carbons (Fsp3) is 0.182. The molecule has 0 heterocycles. The molecule has 0 radical (unpaired) electrons. The van der Waals surface area contributed by atoms with Crippen molar-refractivity contribution < 1.29 is 14.6 Å². The monoisotopic (exact) mass is 190 g/mol. The van der Waals surface area contributed by atoms with Gasteiger partial charge in [0.2, 0.25) is 0 Å². The van der Waals surface area contributed by atoms with E-state index in [0.29, 0.717) is 11.3 Å². The van der Waals surface area contributed by atoms with Gasteiger partial charge in [0, 0.05) is 6.07 Å². The highest BCUT2D eigenvalue weighted by atomic mass is 16.5. The first-order valence-corrected chi connectivity index (χ1v) is 4.07. The van der Waals surface area contributed by atoms with E-state index >= 15 is 0 Å². The molecule has 0 aliphatic heterocycles. The van der Waals surface area contributed by atoms with Crippen molar-refractivity contribution in [2.24, 2.45) is 0 Å². The van der Waals surface area contributed by atoms with Gasteiger partial charge in [-0.25, -0.2) is 0 Å². The van der Waals surface area contributed by atoms with Crippen molar-refractivity contribution in [2.45, 2.75) is 6.42 Å². The van der Waals surface area contributed by atoms with Gasteiger partial charge in [0.15, 0.2) is 0 Å². The molecule has 1 aromatic rings. The number of aldehydes is 1. The number of carbonyl (C=O) groups excluding carboxylic acids is 1. The van der Waals surface area contributed by atoms with Gasteiger partial charge in [0.25, 0.3) is 0 Å². The van der Waals surface area contributed by atoms with E-state index < -0.39 is 0 Å². The largest absolute Gasteiger partial charge is 0.508 e. The standard InChI is InChI=1S/C11H10O3/c1-14-11-8-10(13)6-5-9(11)4-2-3-7-12/h5-8,13H,3H2,1H3. The molecule has 0 unspecified atom stereocenters. The molecule has 14 heavy (non-hydrogen) atoms. The molecule has 0 aliphatic rings. The lowest BCUT2D eigenvalue weighted by Crippen LogP contribution is -1.87. The number of carbonyl (C=O) groups is 1. The Kier molecular flexibility index (Phi) is 3.57. The van der Waals surface area contributed by atoms with E-state index in [1.807, 2.05) is 0 Å². The van der Waals surface area contributed by atoms with Gasteiger partial charge in [-0.05, 0) is 12.1 Å². The quantitative estimate of drug-likeness (QED) is 0.565. The van der Waals surface area contributed by atoms with Crippen LogP contribution in [-0.2, 0) is 4.79 Å². The second-order valence-corrected chi connectivity index (χ2v) is 2.56. The first kappa shape index (κ1) is 10.1. The molecule has 0 amide bonds. The average Bonchev–Trinajstić information content (AvgIpc) is 2.20. The lowest BCUT2D eigenvalue weighted by Gasteiger charge is -2.02. The Morgan fingerprint density at radius 2 is 2.36 bits per heavy atom. The highest BCUT2D eigenvalue weighted by Crippen LogP contribution is 2.22. The molecule has 72 valence electrons. The van der Waals surface area contributed by atoms with Gasteiger partial charge in [0.1, 0.15) is 17.8 Å². The summed E-state index contributed by atoms with van der Waals surface area (Å²) < 4.78 is 5.01. The van der Waals surface area contributed by atoms with Gasteiger partial charge in [-0.15, -0.1) is 0 Å². The van der Waals surface area contributed by atoms with Gasteiger partial charge in [0.05, 0.1) is 19.1 Å². The minimum Gasteiger partial charge on any atom is -0.508 e. The predicted octanol–water partition coefficient (Wildman–Crippen LogP) is 1.34. The predicted molar refractivity (Wildman–Crippen MR) is 52.2 cm³/mol. The van der Waals surface area contributed by atoms with Crippen molar-refractivity contribution in [2.75, 3.05) is 7.11 Å². The fourth-order valence-electron chi connectivity index (χ4n) is 0.971. The number of phenolic OH excluding ortho intramolecular Hbond substituents is 1. The molecule has 3 nitrogen and oxygen atoms in total. The average molecular weight is 190 g/mol. The molecule has 0 saturated carbocycles. The summed E-state index contributed by atoms with van der Waals surface area (Å²) in [6.45, 7) is 0. The number of benzene rings is 1. The molecular weight excluding hydrogens is 180 g/mol. The highest BCUT2D eigenvalue weighted by molar-refractivity contribution is 5.56. The summed E-state index contributed by atoms with van der Waals surface area (Å²) in [6, 6.07) is 4.64. The van der Waals surface area contributed by atoms with Crippen LogP contribution >= 0.6 is 0 Å². The zero-order chi connectivity index (χ0) is 10.4. The van der Waals surface area contributed by atoms with Crippen LogP contribution in [0.2, 0.25) is 0 Å². The van der Waals surface area contributed by atoms with E-state index in [0.717, 1.165) is 6.29 Å². The maximum Gasteiger partial charge on any atom is 0.138 e. The zero-order valence-corrected chi connectivity index (χ0v) is 7.78. The Morgan fingerprint density at radius 1 is 1.57 bits per heavy atom. The van der Waals surface area contributed by atoms with Crippen LogP contribution in [0.1, 0.15) is 12.0 Å². The maximum atomic E-state index is 10.0. The van der Waals surface area contributed by atoms with Crippen molar-refractivity contribution >= 4 is 6.29 Å². The van der Waals surface area contributed by atoms with Gasteiger partial charge < -0.3 is 14.6 Å². The Morgan fingerprint density at radius 3 is 3.00 bits per heavy atom. The van der Waals surface area contributed by atoms with Crippen LogP contribution in [0.3, 0.4) is 0 Å². The third kappa shape index (κ3) is 2.53. The second-order valence-electron chi connectivity index (χ2n) is 2.56. The Bertz CT molecular complexity index is 385. The van der Waals surface area contributed by atoms with Crippen LogP contribution in [0.25, 0.3) is 0 Å². The van der Waals surface area contributed by atoms with E-state index in [2.05, 4.69) is 11.8 Å². The first-order valence-electron chi connectivity index (χ1n) is 4.07. The summed E-state index contributed by atoms with van der Waals surface area (Å²) >= 11 is 0. The van der Waals surface area contributed by atoms with Gasteiger partial charge >= 0.3 is 0 Å². The van der Waals surface area contributed by atoms with E-state index in [9.17, 15) is 4.79 Å². The molecule has 1 aromatic carbocycles. The Labute approximate surface area is 82.3 Å². The number of hydrogen-bond donors (Lipinski definition) is 1. The molecule has 0 atom stereocenters. The van der Waals surface area contributed by atoms with Crippen molar-refractivity contribution in [3.63, 3.8) is 0 Å². The molecule has 0 bridgehead atoms. The lowest BCUT2D eigenvalue weighted by molar-refractivity contribution is -0.107. The first-order chi connectivity index (χ1) is 6.77. The summed E-state index contributed by atoms with van der Waals surface area (Å²) in [7, 11) is 1.50. The molecule has 0 saturated heterocycles. The van der Waals surface area contributed by atoms with E-state index in [-0.39, 0.29) is 12.2 Å². The van der Waals surface area contributed by atoms with Crippen LogP contribution in [0, 0.1) is 11.8 Å². The van der Waals surface area contributed by atoms with E-state index in [4.69, 9.17) is 9.84 Å². The van der Waals surface area contributed by atoms with Gasteiger partial charge in [-0.2, -0.15) is 0 Å². The SMILES string of the molecule is COc1cc(O)ccc1C#CCC=O. The Balaban J connectivity index is 2.97. The van der Waals surface area contributed by atoms with E-state index in [1.54, 1.807) is 6.07 Å². The highest BCUT2D eigenvalue weighted by Gasteiger charge is 2.00. The van der Waals surface area contributed by atoms with Crippen LogP contribution in [0.4, 0.5) is 0 Å². The van der Waals surface area contributed by atoms with Gasteiger partial charge in [-0.3, -0.25) is 0 Å². The summed E-state index contributed by atoms with van der Waals surface area (Å²) in [5, 5.41) is 9.16. The smallest absolute Gasteiger partial charge is 0.138 e. The minimum absolute atomic E-state index is 0.128. The van der Waals surface area contributed by atoms with Crippen molar-refractivity contribution in [3.05, 3.63) is 23.8 Å².